The Kier molecular flexibility index (Phi) is 6.44. The molecule has 0 bridgehead atoms. The predicted octanol–water partition coefficient (Wildman–Crippen LogP) is 5.32. The molecule has 0 spiro atoms. The zero-order valence-corrected chi connectivity index (χ0v) is 19.5. The Morgan fingerprint density at radius 3 is 2.32 bits per heavy atom. The lowest BCUT2D eigenvalue weighted by molar-refractivity contribution is 0.0252. The molecule has 1 aromatic carbocycles. The Labute approximate surface area is 190 Å². The molecule has 0 atom stereocenters. The molecule has 0 aliphatic carbocycles. The number of rotatable bonds is 4. The predicted molar refractivity (Wildman–Crippen MR) is 127 cm³/mol. The summed E-state index contributed by atoms with van der Waals surface area (Å²) in [4.78, 5) is 19.7. The molecule has 3 saturated heterocycles. The van der Waals surface area contributed by atoms with Gasteiger partial charge in [0.2, 0.25) is 0 Å². The number of hydrogen-bond donors (Lipinski definition) is 0. The van der Waals surface area contributed by atoms with Crippen LogP contribution in [0.15, 0.2) is 30.3 Å². The van der Waals surface area contributed by atoms with Crippen LogP contribution in [0, 0.1) is 6.92 Å². The number of aryl methyl sites for hydroxylation is 1. The van der Waals surface area contributed by atoms with Crippen molar-refractivity contribution in [2.45, 2.75) is 57.4 Å². The van der Waals surface area contributed by atoms with E-state index in [1.54, 1.807) is 11.3 Å². The third-order valence-corrected chi connectivity index (χ3v) is 8.68. The molecule has 1 aromatic heterocycles. The summed E-state index contributed by atoms with van der Waals surface area (Å²) in [7, 11) is 0. The smallest absolute Gasteiger partial charge is 0.264 e. The second kappa shape index (κ2) is 9.43. The first-order chi connectivity index (χ1) is 15.2. The normalized spacial score (nSPS) is 21.6. The minimum atomic E-state index is 0.221. The Balaban J connectivity index is 1.22. The molecule has 2 aromatic rings. The highest BCUT2D eigenvalue weighted by Crippen LogP contribution is 2.35. The van der Waals surface area contributed by atoms with Gasteiger partial charge < -0.3 is 14.5 Å². The van der Waals surface area contributed by atoms with Gasteiger partial charge in [-0.05, 0) is 87.2 Å². The number of thiophene rings is 1. The minimum Gasteiger partial charge on any atom is -0.381 e. The van der Waals surface area contributed by atoms with Gasteiger partial charge in [0, 0.05) is 37.2 Å². The van der Waals surface area contributed by atoms with Gasteiger partial charge in [-0.15, -0.1) is 11.3 Å². The summed E-state index contributed by atoms with van der Waals surface area (Å²) in [6, 6.07) is 12.1. The van der Waals surface area contributed by atoms with Crippen molar-refractivity contribution in [1.82, 2.24) is 9.80 Å². The lowest BCUT2D eigenvalue weighted by atomic mass is 9.88. The highest BCUT2D eigenvalue weighted by atomic mass is 32.1. The number of carbonyl (C=O) groups is 1. The largest absolute Gasteiger partial charge is 0.381 e. The third kappa shape index (κ3) is 4.59. The Morgan fingerprint density at radius 2 is 1.65 bits per heavy atom. The molecular formula is C26H34N2O2S. The lowest BCUT2D eigenvalue weighted by Crippen LogP contribution is -2.43. The summed E-state index contributed by atoms with van der Waals surface area (Å²) in [5.41, 5.74) is 3.82. The fraction of sp³-hybridized carbons (Fsp3) is 0.577. The maximum absolute atomic E-state index is 12.8. The highest BCUT2D eigenvalue weighted by molar-refractivity contribution is 7.17. The van der Waals surface area contributed by atoms with E-state index in [2.05, 4.69) is 42.2 Å². The van der Waals surface area contributed by atoms with Gasteiger partial charge >= 0.3 is 0 Å². The molecular weight excluding hydrogens is 404 g/mol. The lowest BCUT2D eigenvalue weighted by Gasteiger charge is -2.39. The number of nitrogens with zero attached hydrogens (tertiary/aromatic N) is 2. The van der Waals surface area contributed by atoms with Crippen LogP contribution in [0.2, 0.25) is 0 Å². The van der Waals surface area contributed by atoms with E-state index < -0.39 is 0 Å². The van der Waals surface area contributed by atoms with E-state index in [0.29, 0.717) is 5.92 Å². The molecule has 0 saturated carbocycles. The summed E-state index contributed by atoms with van der Waals surface area (Å²) in [5, 5.41) is 0. The van der Waals surface area contributed by atoms with Crippen LogP contribution in [0.1, 0.15) is 65.2 Å². The molecule has 3 aliphatic rings. The highest BCUT2D eigenvalue weighted by Gasteiger charge is 2.27. The maximum atomic E-state index is 12.8. The van der Waals surface area contributed by atoms with Crippen LogP contribution in [-0.2, 0) is 4.74 Å². The fourth-order valence-electron chi connectivity index (χ4n) is 5.47. The van der Waals surface area contributed by atoms with Gasteiger partial charge in [-0.1, -0.05) is 24.3 Å². The van der Waals surface area contributed by atoms with Crippen molar-refractivity contribution >= 4 is 17.2 Å². The second-order valence-corrected chi connectivity index (χ2v) is 10.5. The molecule has 5 rings (SSSR count). The summed E-state index contributed by atoms with van der Waals surface area (Å²) in [6.07, 6.45) is 7.17. The number of amides is 1. The van der Waals surface area contributed by atoms with E-state index in [9.17, 15) is 4.79 Å². The zero-order chi connectivity index (χ0) is 21.2. The van der Waals surface area contributed by atoms with Gasteiger partial charge in [0.1, 0.15) is 0 Å². The van der Waals surface area contributed by atoms with Crippen LogP contribution in [0.5, 0.6) is 0 Å². The number of hydrogen-bond acceptors (Lipinski definition) is 4. The van der Waals surface area contributed by atoms with Crippen LogP contribution >= 0.6 is 11.3 Å². The van der Waals surface area contributed by atoms with Crippen LogP contribution in [0.4, 0.5) is 0 Å². The number of likely N-dealkylation sites (tertiary alicyclic amines) is 2. The summed E-state index contributed by atoms with van der Waals surface area (Å²) in [5.74, 6) is 0.890. The van der Waals surface area contributed by atoms with Crippen molar-refractivity contribution in [3.05, 3.63) is 46.3 Å². The van der Waals surface area contributed by atoms with E-state index in [4.69, 9.17) is 4.74 Å². The maximum Gasteiger partial charge on any atom is 0.264 e. The Bertz CT molecular complexity index is 887. The molecule has 3 aliphatic heterocycles. The van der Waals surface area contributed by atoms with Gasteiger partial charge in [0.25, 0.3) is 5.91 Å². The Hall–Kier alpha value is -1.69. The summed E-state index contributed by atoms with van der Waals surface area (Å²) >= 11 is 1.66. The third-order valence-electron chi connectivity index (χ3n) is 7.41. The van der Waals surface area contributed by atoms with Crippen molar-refractivity contribution in [3.8, 4) is 10.4 Å². The first-order valence-electron chi connectivity index (χ1n) is 12.0. The fourth-order valence-corrected chi connectivity index (χ4v) is 6.61. The van der Waals surface area contributed by atoms with Crippen molar-refractivity contribution < 1.29 is 9.53 Å². The molecule has 0 N–H and O–H groups in total. The number of piperidine rings is 1. The number of benzene rings is 1. The molecule has 0 unspecified atom stereocenters. The van der Waals surface area contributed by atoms with Crippen LogP contribution in [-0.4, -0.2) is 61.1 Å². The molecule has 3 fully saturated rings. The summed E-state index contributed by atoms with van der Waals surface area (Å²) in [6.45, 7) is 8.18. The monoisotopic (exact) mass is 438 g/mol. The topological polar surface area (TPSA) is 32.8 Å². The van der Waals surface area contributed by atoms with Gasteiger partial charge in [-0.2, -0.15) is 0 Å². The second-order valence-electron chi connectivity index (χ2n) is 9.40. The zero-order valence-electron chi connectivity index (χ0n) is 18.6. The molecule has 31 heavy (non-hydrogen) atoms. The van der Waals surface area contributed by atoms with Crippen molar-refractivity contribution in [3.63, 3.8) is 0 Å². The molecule has 1 amide bonds. The molecule has 5 heteroatoms. The van der Waals surface area contributed by atoms with Gasteiger partial charge in [-0.3, -0.25) is 4.79 Å². The molecule has 166 valence electrons. The van der Waals surface area contributed by atoms with Crippen LogP contribution in [0.3, 0.4) is 0 Å². The molecule has 4 nitrogen and oxygen atoms in total. The first kappa shape index (κ1) is 21.2. The van der Waals surface area contributed by atoms with Crippen LogP contribution < -0.4 is 0 Å². The van der Waals surface area contributed by atoms with Gasteiger partial charge in [0.05, 0.1) is 4.88 Å². The van der Waals surface area contributed by atoms with E-state index in [1.807, 2.05) is 4.90 Å². The summed E-state index contributed by atoms with van der Waals surface area (Å²) < 4.78 is 5.53. The van der Waals surface area contributed by atoms with E-state index in [1.165, 1.54) is 54.8 Å². The number of ether oxygens (including phenoxy) is 1. The Morgan fingerprint density at radius 1 is 0.968 bits per heavy atom. The first-order valence-corrected chi connectivity index (χ1v) is 12.8. The SMILES string of the molecule is Cc1cc(-c2ccc(C3CCN(C4CCOCC4)CC3)cc2)sc1C(=O)N1CCCC1. The number of carbonyl (C=O) groups excluding carboxylic acids is 1. The van der Waals surface area contributed by atoms with E-state index in [-0.39, 0.29) is 5.91 Å². The van der Waals surface area contributed by atoms with Crippen LogP contribution in [0.25, 0.3) is 10.4 Å². The van der Waals surface area contributed by atoms with Crippen molar-refractivity contribution in [2.24, 2.45) is 0 Å². The standard InChI is InChI=1S/C26H34N2O2S/c1-19-18-24(31-25(19)26(29)28-12-2-3-13-28)22-6-4-20(5-7-22)21-8-14-27(15-9-21)23-10-16-30-17-11-23/h4-7,18,21,23H,2-3,8-17H2,1H3. The van der Waals surface area contributed by atoms with Gasteiger partial charge in [-0.25, -0.2) is 0 Å². The van der Waals surface area contributed by atoms with E-state index in [0.717, 1.165) is 55.6 Å². The van der Waals surface area contributed by atoms with Crippen molar-refractivity contribution in [2.75, 3.05) is 39.4 Å². The van der Waals surface area contributed by atoms with Gasteiger partial charge in [0.15, 0.2) is 0 Å². The average Bonchev–Trinajstić information content (AvgIpc) is 3.50. The van der Waals surface area contributed by atoms with E-state index >= 15 is 0 Å². The molecule has 4 heterocycles. The molecule has 0 radical (unpaired) electrons. The minimum absolute atomic E-state index is 0.221. The quantitative estimate of drug-likeness (QED) is 0.648. The average molecular weight is 439 g/mol. The van der Waals surface area contributed by atoms with Crippen molar-refractivity contribution in [1.29, 1.82) is 0 Å².